The lowest BCUT2D eigenvalue weighted by atomic mass is 10.0. The normalized spacial score (nSPS) is 13.9. The van der Waals surface area contributed by atoms with Crippen LogP contribution in [0, 0.1) is 5.82 Å². The minimum absolute atomic E-state index is 0.00891. The standard InChI is InChI=1S/C20H17FN6O2S/c21-15-9-12(5-6-14(15)16-10-26-19(23)11-25-16)13-3-1-2-4-17(13)30(28,29)20-24-8-7-18(22)27-20/h1-7,9-11H,8,22H2,(H2,23,26)(H,24,27). The van der Waals surface area contributed by atoms with E-state index in [9.17, 15) is 12.8 Å². The van der Waals surface area contributed by atoms with Gasteiger partial charge in [-0.3, -0.25) is 4.98 Å². The van der Waals surface area contributed by atoms with Crippen molar-refractivity contribution in [1.29, 1.82) is 0 Å². The molecule has 152 valence electrons. The summed E-state index contributed by atoms with van der Waals surface area (Å²) in [5.74, 6) is -0.228. The molecule has 4 rings (SSSR count). The fourth-order valence-corrected chi connectivity index (χ4v) is 4.45. The monoisotopic (exact) mass is 424 g/mol. The molecule has 0 saturated heterocycles. The lowest BCUT2D eigenvalue weighted by Crippen LogP contribution is -2.35. The number of hydrogen-bond donors (Lipinski definition) is 3. The first kappa shape index (κ1) is 19.5. The van der Waals surface area contributed by atoms with Crippen LogP contribution in [0.15, 0.2) is 76.6 Å². The molecule has 0 bridgehead atoms. The number of hydrogen-bond acceptors (Lipinski definition) is 8. The van der Waals surface area contributed by atoms with E-state index in [0.717, 1.165) is 0 Å². The highest BCUT2D eigenvalue weighted by Crippen LogP contribution is 2.32. The molecule has 0 unspecified atom stereocenters. The number of halogens is 1. The van der Waals surface area contributed by atoms with Crippen LogP contribution in [0.4, 0.5) is 10.2 Å². The van der Waals surface area contributed by atoms with Crippen LogP contribution in [0.5, 0.6) is 0 Å². The molecule has 8 nitrogen and oxygen atoms in total. The second kappa shape index (κ2) is 7.56. The molecule has 0 spiro atoms. The lowest BCUT2D eigenvalue weighted by molar-refractivity contribution is 0.605. The molecule has 0 saturated carbocycles. The largest absolute Gasteiger partial charge is 0.384 e. The van der Waals surface area contributed by atoms with Gasteiger partial charge < -0.3 is 16.8 Å². The summed E-state index contributed by atoms with van der Waals surface area (Å²) < 4.78 is 41.1. The third-order valence-corrected chi connectivity index (χ3v) is 6.13. The van der Waals surface area contributed by atoms with Crippen LogP contribution < -0.4 is 16.8 Å². The van der Waals surface area contributed by atoms with Crippen molar-refractivity contribution in [2.45, 2.75) is 4.90 Å². The van der Waals surface area contributed by atoms with E-state index in [1.807, 2.05) is 0 Å². The SMILES string of the molecule is NC1=CCNC(S(=O)(=O)c2ccccc2-c2ccc(-c3cnc(N)cn3)c(F)c2)=N1. The fraction of sp³-hybridized carbons (Fsp3) is 0.0500. The van der Waals surface area contributed by atoms with E-state index >= 15 is 0 Å². The van der Waals surface area contributed by atoms with E-state index in [1.165, 1.54) is 30.6 Å². The number of amidine groups is 1. The number of nitrogens with two attached hydrogens (primary N) is 2. The molecule has 0 fully saturated rings. The van der Waals surface area contributed by atoms with Crippen molar-refractivity contribution in [2.75, 3.05) is 12.3 Å². The zero-order valence-electron chi connectivity index (χ0n) is 15.6. The first-order chi connectivity index (χ1) is 14.4. The maximum absolute atomic E-state index is 14.8. The van der Waals surface area contributed by atoms with Crippen LogP contribution in [0.2, 0.25) is 0 Å². The van der Waals surface area contributed by atoms with Crippen LogP contribution >= 0.6 is 0 Å². The molecule has 5 N–H and O–H groups in total. The van der Waals surface area contributed by atoms with E-state index in [0.29, 0.717) is 16.8 Å². The van der Waals surface area contributed by atoms with Crippen LogP contribution in [0.3, 0.4) is 0 Å². The zero-order chi connectivity index (χ0) is 21.3. The van der Waals surface area contributed by atoms with Crippen molar-refractivity contribution >= 4 is 20.8 Å². The third-order valence-electron chi connectivity index (χ3n) is 4.45. The predicted molar refractivity (Wildman–Crippen MR) is 112 cm³/mol. The third kappa shape index (κ3) is 3.60. The summed E-state index contributed by atoms with van der Waals surface area (Å²) in [6.07, 6.45) is 4.28. The van der Waals surface area contributed by atoms with Crippen LogP contribution in [-0.4, -0.2) is 30.1 Å². The molecule has 2 aromatic carbocycles. The number of anilines is 1. The number of nitrogen functional groups attached to an aromatic ring is 1. The van der Waals surface area contributed by atoms with E-state index in [1.54, 1.807) is 30.3 Å². The van der Waals surface area contributed by atoms with Gasteiger partial charge in [-0.2, -0.15) is 0 Å². The topological polar surface area (TPSA) is 136 Å². The molecule has 0 radical (unpaired) electrons. The zero-order valence-corrected chi connectivity index (χ0v) is 16.4. The van der Waals surface area contributed by atoms with Gasteiger partial charge in [-0.15, -0.1) is 0 Å². The first-order valence-electron chi connectivity index (χ1n) is 8.86. The molecule has 0 atom stereocenters. The molecular formula is C20H17FN6O2S. The average Bonchev–Trinajstić information content (AvgIpc) is 2.74. The number of nitrogens with one attached hydrogen (secondary N) is 1. The second-order valence-electron chi connectivity index (χ2n) is 6.45. The number of sulfone groups is 1. The highest BCUT2D eigenvalue weighted by atomic mass is 32.2. The number of rotatable bonds is 3. The van der Waals surface area contributed by atoms with Crippen molar-refractivity contribution in [3.05, 3.63) is 72.6 Å². The van der Waals surface area contributed by atoms with Crippen LogP contribution in [0.25, 0.3) is 22.4 Å². The molecule has 30 heavy (non-hydrogen) atoms. The smallest absolute Gasteiger partial charge is 0.240 e. The molecule has 2 heterocycles. The number of benzene rings is 2. The van der Waals surface area contributed by atoms with Gasteiger partial charge in [0.05, 0.1) is 23.0 Å². The van der Waals surface area contributed by atoms with Gasteiger partial charge >= 0.3 is 0 Å². The summed E-state index contributed by atoms with van der Waals surface area (Å²) in [7, 11) is -3.99. The maximum Gasteiger partial charge on any atom is 0.240 e. The van der Waals surface area contributed by atoms with E-state index < -0.39 is 15.7 Å². The van der Waals surface area contributed by atoms with Gasteiger partial charge in [0.1, 0.15) is 17.5 Å². The Morgan fingerprint density at radius 1 is 1.00 bits per heavy atom. The molecule has 3 aromatic rings. The van der Waals surface area contributed by atoms with Crippen molar-refractivity contribution in [3.63, 3.8) is 0 Å². The van der Waals surface area contributed by atoms with Gasteiger partial charge in [0.2, 0.25) is 15.0 Å². The van der Waals surface area contributed by atoms with Gasteiger partial charge in [-0.05, 0) is 29.8 Å². The average molecular weight is 424 g/mol. The van der Waals surface area contributed by atoms with Crippen LogP contribution in [0.1, 0.15) is 0 Å². The van der Waals surface area contributed by atoms with Gasteiger partial charge in [0.25, 0.3) is 0 Å². The maximum atomic E-state index is 14.8. The summed E-state index contributed by atoms with van der Waals surface area (Å²) in [5.41, 5.74) is 12.4. The summed E-state index contributed by atoms with van der Waals surface area (Å²) in [6, 6.07) is 10.7. The molecule has 1 aliphatic heterocycles. The Hall–Kier alpha value is -3.79. The summed E-state index contributed by atoms with van der Waals surface area (Å²) in [5, 5.41) is 2.47. The quantitative estimate of drug-likeness (QED) is 0.585. The van der Waals surface area contributed by atoms with Crippen molar-refractivity contribution in [3.8, 4) is 22.4 Å². The van der Waals surface area contributed by atoms with E-state index in [4.69, 9.17) is 11.5 Å². The Morgan fingerprint density at radius 2 is 1.80 bits per heavy atom. The Bertz CT molecular complexity index is 1290. The Labute approximate surface area is 172 Å². The van der Waals surface area contributed by atoms with Gasteiger partial charge in [-0.1, -0.05) is 24.3 Å². The fourth-order valence-electron chi connectivity index (χ4n) is 3.01. The number of aliphatic imine (C=N–C) groups is 1. The summed E-state index contributed by atoms with van der Waals surface area (Å²) in [6.45, 7) is 0.248. The van der Waals surface area contributed by atoms with Crippen molar-refractivity contribution in [2.24, 2.45) is 10.7 Å². The van der Waals surface area contributed by atoms with Gasteiger partial charge in [-0.25, -0.2) is 22.8 Å². The minimum atomic E-state index is -3.99. The Kier molecular flexibility index (Phi) is 4.92. The highest BCUT2D eigenvalue weighted by molar-refractivity contribution is 8.06. The highest BCUT2D eigenvalue weighted by Gasteiger charge is 2.27. The van der Waals surface area contributed by atoms with Crippen molar-refractivity contribution in [1.82, 2.24) is 15.3 Å². The Balaban J connectivity index is 1.79. The second-order valence-corrected chi connectivity index (χ2v) is 8.28. The summed E-state index contributed by atoms with van der Waals surface area (Å²) in [4.78, 5) is 11.9. The molecule has 1 aromatic heterocycles. The number of aromatic nitrogens is 2. The van der Waals surface area contributed by atoms with Gasteiger partial charge in [0, 0.05) is 17.7 Å². The Morgan fingerprint density at radius 3 is 2.50 bits per heavy atom. The van der Waals surface area contributed by atoms with Gasteiger partial charge in [0.15, 0.2) is 0 Å². The lowest BCUT2D eigenvalue weighted by Gasteiger charge is -2.16. The molecule has 0 amide bonds. The number of nitrogens with zero attached hydrogens (tertiary/aromatic N) is 3. The summed E-state index contributed by atoms with van der Waals surface area (Å²) >= 11 is 0. The van der Waals surface area contributed by atoms with E-state index in [2.05, 4.69) is 20.3 Å². The molecular weight excluding hydrogens is 407 g/mol. The first-order valence-corrected chi connectivity index (χ1v) is 10.3. The van der Waals surface area contributed by atoms with Crippen molar-refractivity contribution < 1.29 is 12.8 Å². The predicted octanol–water partition coefficient (Wildman–Crippen LogP) is 2.06. The molecule has 0 aliphatic carbocycles. The molecule has 1 aliphatic rings. The van der Waals surface area contributed by atoms with E-state index in [-0.39, 0.29) is 33.8 Å². The van der Waals surface area contributed by atoms with Crippen LogP contribution in [-0.2, 0) is 9.84 Å². The minimum Gasteiger partial charge on any atom is -0.384 e. The molecule has 10 heteroatoms.